The van der Waals surface area contributed by atoms with Gasteiger partial charge in [-0.1, -0.05) is 18.2 Å². The van der Waals surface area contributed by atoms with Gasteiger partial charge in [0.2, 0.25) is 11.8 Å². The third-order valence-corrected chi connectivity index (χ3v) is 5.50. The Labute approximate surface area is 222 Å². The molecule has 11 nitrogen and oxygen atoms in total. The Hall–Kier alpha value is -4.28. The highest BCUT2D eigenvalue weighted by Crippen LogP contribution is 2.33. The molecule has 2 rings (SSSR count). The highest BCUT2D eigenvalue weighted by atomic mass is 16.6. The fraction of sp³-hybridized carbons (Fsp3) is 0.407. The summed E-state index contributed by atoms with van der Waals surface area (Å²) in [6, 6.07) is 8.68. The number of amides is 4. The van der Waals surface area contributed by atoms with E-state index >= 15 is 0 Å². The Bertz CT molecular complexity index is 1160. The summed E-state index contributed by atoms with van der Waals surface area (Å²) < 4.78 is 10.4. The Kier molecular flexibility index (Phi) is 10.1. The average molecular weight is 529 g/mol. The number of benzene rings is 2. The molecule has 0 aliphatic carbocycles. The number of phenols is 1. The van der Waals surface area contributed by atoms with Gasteiger partial charge in [0.15, 0.2) is 0 Å². The summed E-state index contributed by atoms with van der Waals surface area (Å²) in [6.45, 7) is 8.24. The zero-order chi connectivity index (χ0) is 28.6. The van der Waals surface area contributed by atoms with Crippen LogP contribution in [0.4, 0.5) is 10.5 Å². The fourth-order valence-electron chi connectivity index (χ4n) is 3.75. The van der Waals surface area contributed by atoms with Crippen LogP contribution in [0.1, 0.15) is 51.3 Å². The maximum atomic E-state index is 13.7. The molecule has 0 bridgehead atoms. The Morgan fingerprint density at radius 1 is 1.08 bits per heavy atom. The maximum Gasteiger partial charge on any atom is 0.408 e. The number of nitrogens with one attached hydrogen (secondary N) is 2. The second-order valence-electron chi connectivity index (χ2n) is 9.63. The minimum absolute atomic E-state index is 0.00181. The van der Waals surface area contributed by atoms with Gasteiger partial charge in [-0.05, 0) is 64.4 Å². The molecule has 0 heterocycles. The van der Waals surface area contributed by atoms with Crippen molar-refractivity contribution in [2.24, 2.45) is 5.73 Å². The van der Waals surface area contributed by atoms with E-state index < -0.39 is 47.9 Å². The van der Waals surface area contributed by atoms with Gasteiger partial charge in [0.1, 0.15) is 29.2 Å². The predicted molar refractivity (Wildman–Crippen MR) is 142 cm³/mol. The number of aryl methyl sites for hydroxylation is 1. The van der Waals surface area contributed by atoms with E-state index in [4.69, 9.17) is 15.2 Å². The lowest BCUT2D eigenvalue weighted by Gasteiger charge is -2.34. The molecule has 2 aromatic carbocycles. The lowest BCUT2D eigenvalue weighted by molar-refractivity contribution is -0.141. The molecule has 2 atom stereocenters. The number of likely N-dealkylation sites (N-methyl/N-ethyl adjacent to an activating group) is 1. The first-order chi connectivity index (χ1) is 17.8. The first-order valence-electron chi connectivity index (χ1n) is 12.1. The van der Waals surface area contributed by atoms with Crippen molar-refractivity contribution in [3.63, 3.8) is 0 Å². The first-order valence-corrected chi connectivity index (χ1v) is 12.1. The van der Waals surface area contributed by atoms with Crippen molar-refractivity contribution in [2.45, 2.75) is 58.7 Å². The molecular formula is C27H36N4O7. The van der Waals surface area contributed by atoms with E-state index in [0.29, 0.717) is 17.0 Å². The summed E-state index contributed by atoms with van der Waals surface area (Å²) in [5.41, 5.74) is 5.59. The molecule has 4 amide bonds. The second kappa shape index (κ2) is 12.8. The minimum Gasteiger partial charge on any atom is -0.507 e. The van der Waals surface area contributed by atoms with Crippen LogP contribution in [-0.4, -0.2) is 59.1 Å². The summed E-state index contributed by atoms with van der Waals surface area (Å²) >= 11 is 0. The number of alkyl carbamates (subject to hydrolysis) is 1. The number of rotatable bonds is 10. The number of primary amides is 1. The summed E-state index contributed by atoms with van der Waals surface area (Å²) in [5, 5.41) is 16.0. The van der Waals surface area contributed by atoms with Crippen molar-refractivity contribution < 1.29 is 33.8 Å². The average Bonchev–Trinajstić information content (AvgIpc) is 2.82. The molecule has 0 radical (unpaired) electrons. The topological polar surface area (TPSA) is 160 Å². The van der Waals surface area contributed by atoms with Crippen LogP contribution in [0.2, 0.25) is 0 Å². The van der Waals surface area contributed by atoms with Gasteiger partial charge in [-0.25, -0.2) is 4.79 Å². The standard InChI is InChI=1S/C27H36N4O7/c1-7-31(25(35)20(15-21(28)32)30-26(36)38-27(3,4)5)22(19-10-8-9-16(2)23(19)33)24(34)29-17-11-13-18(37-6)14-12-17/h8-14,20,22,33H,7,15H2,1-6H3,(H2,28,32)(H,29,34)(H,30,36). The van der Waals surface area contributed by atoms with Crippen LogP contribution in [0.5, 0.6) is 11.5 Å². The highest BCUT2D eigenvalue weighted by Gasteiger charge is 2.37. The number of nitrogens with zero attached hydrogens (tertiary/aromatic N) is 1. The van der Waals surface area contributed by atoms with Gasteiger partial charge in [-0.3, -0.25) is 14.4 Å². The number of ether oxygens (including phenoxy) is 2. The van der Waals surface area contributed by atoms with Crippen molar-refractivity contribution in [3.05, 3.63) is 53.6 Å². The van der Waals surface area contributed by atoms with E-state index in [1.54, 1.807) is 71.0 Å². The molecule has 0 aliphatic heterocycles. The van der Waals surface area contributed by atoms with Crippen LogP contribution >= 0.6 is 0 Å². The number of anilines is 1. The number of carbonyl (C=O) groups excluding carboxylic acids is 4. The highest BCUT2D eigenvalue weighted by molar-refractivity contribution is 6.00. The predicted octanol–water partition coefficient (Wildman–Crippen LogP) is 3.01. The largest absolute Gasteiger partial charge is 0.507 e. The molecule has 0 spiro atoms. The number of phenolic OH excluding ortho intramolecular Hbond substituents is 1. The summed E-state index contributed by atoms with van der Waals surface area (Å²) in [7, 11) is 1.52. The lowest BCUT2D eigenvalue weighted by atomic mass is 9.99. The van der Waals surface area contributed by atoms with Gasteiger partial charge in [0.05, 0.1) is 13.5 Å². The summed E-state index contributed by atoms with van der Waals surface area (Å²) in [4.78, 5) is 52.8. The first kappa shape index (κ1) is 29.9. The molecule has 206 valence electrons. The molecule has 0 aliphatic rings. The van der Waals surface area contributed by atoms with Gasteiger partial charge in [-0.15, -0.1) is 0 Å². The number of aromatic hydroxyl groups is 1. The van der Waals surface area contributed by atoms with Crippen LogP contribution in [0.15, 0.2) is 42.5 Å². The number of hydrogen-bond acceptors (Lipinski definition) is 7. The third-order valence-electron chi connectivity index (χ3n) is 5.50. The molecule has 0 fully saturated rings. The summed E-state index contributed by atoms with van der Waals surface area (Å²) in [5.74, 6) is -1.80. The number of nitrogens with two attached hydrogens (primary N) is 1. The van der Waals surface area contributed by atoms with Crippen molar-refractivity contribution in [3.8, 4) is 11.5 Å². The van der Waals surface area contributed by atoms with Crippen LogP contribution in [-0.2, 0) is 19.1 Å². The third kappa shape index (κ3) is 8.12. The van der Waals surface area contributed by atoms with Gasteiger partial charge in [0.25, 0.3) is 5.91 Å². The van der Waals surface area contributed by atoms with E-state index in [1.807, 2.05) is 0 Å². The van der Waals surface area contributed by atoms with Crippen LogP contribution in [0.25, 0.3) is 0 Å². The Morgan fingerprint density at radius 3 is 2.24 bits per heavy atom. The SMILES string of the molecule is CCN(C(=O)C(CC(N)=O)NC(=O)OC(C)(C)C)C(C(=O)Nc1ccc(OC)cc1)c1cccc(C)c1O. The molecule has 11 heteroatoms. The van der Waals surface area contributed by atoms with Crippen LogP contribution in [0.3, 0.4) is 0 Å². The normalized spacial score (nSPS) is 12.6. The van der Waals surface area contributed by atoms with Gasteiger partial charge in [-0.2, -0.15) is 0 Å². The Balaban J connectivity index is 2.50. The van der Waals surface area contributed by atoms with Gasteiger partial charge >= 0.3 is 6.09 Å². The quantitative estimate of drug-likeness (QED) is 0.369. The van der Waals surface area contributed by atoms with Crippen molar-refractivity contribution in [2.75, 3.05) is 19.0 Å². The molecule has 0 saturated heterocycles. The van der Waals surface area contributed by atoms with E-state index in [0.717, 1.165) is 0 Å². The molecule has 5 N–H and O–H groups in total. The van der Waals surface area contributed by atoms with Crippen molar-refractivity contribution in [1.82, 2.24) is 10.2 Å². The van der Waals surface area contributed by atoms with Crippen LogP contribution < -0.4 is 21.1 Å². The zero-order valence-corrected chi connectivity index (χ0v) is 22.5. The number of hydrogen-bond donors (Lipinski definition) is 4. The zero-order valence-electron chi connectivity index (χ0n) is 22.5. The molecule has 2 unspecified atom stereocenters. The van der Waals surface area contributed by atoms with Gasteiger partial charge < -0.3 is 35.8 Å². The molecular weight excluding hydrogens is 492 g/mol. The molecule has 0 aromatic heterocycles. The fourth-order valence-corrected chi connectivity index (χ4v) is 3.75. The Morgan fingerprint density at radius 2 is 1.71 bits per heavy atom. The smallest absolute Gasteiger partial charge is 0.408 e. The van der Waals surface area contributed by atoms with Crippen LogP contribution in [0, 0.1) is 6.92 Å². The van der Waals surface area contributed by atoms with E-state index in [-0.39, 0.29) is 17.9 Å². The van der Waals surface area contributed by atoms with E-state index in [1.165, 1.54) is 18.1 Å². The van der Waals surface area contributed by atoms with Gasteiger partial charge in [0, 0.05) is 17.8 Å². The lowest BCUT2D eigenvalue weighted by Crippen LogP contribution is -2.53. The molecule has 0 saturated carbocycles. The second-order valence-corrected chi connectivity index (χ2v) is 9.63. The van der Waals surface area contributed by atoms with Crippen molar-refractivity contribution in [1.29, 1.82) is 0 Å². The van der Waals surface area contributed by atoms with E-state index in [2.05, 4.69) is 10.6 Å². The van der Waals surface area contributed by atoms with E-state index in [9.17, 15) is 24.3 Å². The number of carbonyl (C=O) groups is 4. The molecule has 38 heavy (non-hydrogen) atoms. The molecule has 2 aromatic rings. The monoisotopic (exact) mass is 528 g/mol. The number of para-hydroxylation sites is 1. The summed E-state index contributed by atoms with van der Waals surface area (Å²) in [6.07, 6.45) is -1.45. The van der Waals surface area contributed by atoms with Crippen molar-refractivity contribution >= 4 is 29.5 Å². The number of methoxy groups -OCH3 is 1. The minimum atomic E-state index is -1.41. The maximum absolute atomic E-state index is 13.7.